The molecule has 1 N–H and O–H groups in total. The summed E-state index contributed by atoms with van der Waals surface area (Å²) in [5, 5.41) is 2.78. The first-order valence-electron chi connectivity index (χ1n) is 8.92. The van der Waals surface area contributed by atoms with Crippen LogP contribution in [0.1, 0.15) is 45.4 Å². The van der Waals surface area contributed by atoms with Crippen LogP contribution < -0.4 is 5.32 Å². The molecule has 2 heterocycles. The summed E-state index contributed by atoms with van der Waals surface area (Å²) in [4.78, 5) is 40.1. The molecule has 3 rings (SSSR count). The minimum atomic E-state index is -3.11. The van der Waals surface area contributed by atoms with E-state index in [1.54, 1.807) is 6.92 Å². The molecular weight excluding hydrogens is 346 g/mol. The highest BCUT2D eigenvalue weighted by Gasteiger charge is 2.52. The fourth-order valence-corrected chi connectivity index (χ4v) is 5.93. The van der Waals surface area contributed by atoms with E-state index in [0.29, 0.717) is 25.8 Å². The van der Waals surface area contributed by atoms with Crippen LogP contribution in [0, 0.1) is 0 Å². The normalized spacial score (nSPS) is 27.6. The molecule has 0 radical (unpaired) electrons. The zero-order valence-corrected chi connectivity index (χ0v) is 15.3. The monoisotopic (exact) mass is 371 g/mol. The molecule has 0 unspecified atom stereocenters. The van der Waals surface area contributed by atoms with Crippen LogP contribution in [0.25, 0.3) is 0 Å². The number of nitrogens with one attached hydrogen (secondary N) is 1. The summed E-state index contributed by atoms with van der Waals surface area (Å²) in [6, 6.07) is -0.887. The lowest BCUT2D eigenvalue weighted by molar-refractivity contribution is -0.140. The first kappa shape index (κ1) is 18.2. The molecule has 9 heteroatoms. The number of amides is 4. The van der Waals surface area contributed by atoms with Crippen molar-refractivity contribution in [2.24, 2.45) is 0 Å². The Labute approximate surface area is 147 Å². The van der Waals surface area contributed by atoms with Crippen molar-refractivity contribution in [2.75, 3.05) is 24.6 Å². The molecule has 0 aromatic heterocycles. The topological polar surface area (TPSA) is 104 Å². The van der Waals surface area contributed by atoms with Crippen LogP contribution in [-0.4, -0.2) is 72.2 Å². The Morgan fingerprint density at radius 1 is 1.28 bits per heavy atom. The largest absolute Gasteiger partial charge is 0.337 e. The van der Waals surface area contributed by atoms with Crippen LogP contribution in [-0.2, 0) is 19.4 Å². The molecule has 0 aromatic carbocycles. The molecule has 25 heavy (non-hydrogen) atoms. The molecule has 1 atom stereocenters. The molecule has 8 nitrogen and oxygen atoms in total. The van der Waals surface area contributed by atoms with Crippen molar-refractivity contribution in [3.63, 3.8) is 0 Å². The summed E-state index contributed by atoms with van der Waals surface area (Å²) < 4.78 is 23.3. The summed E-state index contributed by atoms with van der Waals surface area (Å²) in [7, 11) is -3.11. The van der Waals surface area contributed by atoms with E-state index in [4.69, 9.17) is 0 Å². The number of likely N-dealkylation sites (N-methyl/N-ethyl adjacent to an activating group) is 1. The first-order valence-corrected chi connectivity index (χ1v) is 10.7. The summed E-state index contributed by atoms with van der Waals surface area (Å²) in [6.45, 7) is 1.81. The van der Waals surface area contributed by atoms with Crippen LogP contribution in [0.3, 0.4) is 0 Å². The molecule has 3 fully saturated rings. The number of carbonyl (C=O) groups excluding carboxylic acids is 3. The van der Waals surface area contributed by atoms with E-state index in [2.05, 4.69) is 5.32 Å². The average molecular weight is 371 g/mol. The number of nitrogens with zero attached hydrogens (tertiary/aromatic N) is 2. The molecule has 4 amide bonds. The van der Waals surface area contributed by atoms with E-state index in [1.807, 2.05) is 0 Å². The van der Waals surface area contributed by atoms with Gasteiger partial charge in [-0.2, -0.15) is 0 Å². The lowest BCUT2D eigenvalue weighted by Gasteiger charge is -2.31. The quantitative estimate of drug-likeness (QED) is 0.715. The molecule has 3 aliphatic rings. The van der Waals surface area contributed by atoms with Gasteiger partial charge in [0.25, 0.3) is 5.91 Å². The van der Waals surface area contributed by atoms with Gasteiger partial charge >= 0.3 is 6.03 Å². The van der Waals surface area contributed by atoms with Crippen molar-refractivity contribution in [2.45, 2.75) is 57.0 Å². The van der Waals surface area contributed by atoms with Crippen LogP contribution in [0.2, 0.25) is 0 Å². The van der Waals surface area contributed by atoms with Crippen LogP contribution in [0.5, 0.6) is 0 Å². The Balaban J connectivity index is 1.69. The highest BCUT2D eigenvalue weighted by atomic mass is 32.2. The highest BCUT2D eigenvalue weighted by Crippen LogP contribution is 2.33. The van der Waals surface area contributed by atoms with E-state index in [9.17, 15) is 22.8 Å². The van der Waals surface area contributed by atoms with Crippen LogP contribution >= 0.6 is 0 Å². The standard InChI is InChI=1S/C16H25N3O5S/c1-2-18(12-6-9-25(23,24)11-12)13(20)10-19-14(21)16(17-15(19)22)7-4-3-5-8-16/h12H,2-11H2,1H3,(H,17,22)/t12-/m0/s1. The van der Waals surface area contributed by atoms with Gasteiger partial charge in [0.2, 0.25) is 5.91 Å². The molecule has 2 aliphatic heterocycles. The fourth-order valence-electron chi connectivity index (χ4n) is 4.20. The Bertz CT molecular complexity index is 684. The van der Waals surface area contributed by atoms with E-state index in [1.165, 1.54) is 4.90 Å². The number of hydrogen-bond acceptors (Lipinski definition) is 5. The maximum Gasteiger partial charge on any atom is 0.325 e. The number of rotatable bonds is 4. The fraction of sp³-hybridized carbons (Fsp3) is 0.812. The van der Waals surface area contributed by atoms with Crippen molar-refractivity contribution >= 4 is 27.7 Å². The molecule has 1 aliphatic carbocycles. The molecule has 1 spiro atoms. The first-order chi connectivity index (χ1) is 11.8. The second-order valence-electron chi connectivity index (χ2n) is 7.20. The van der Waals surface area contributed by atoms with Gasteiger partial charge in [-0.3, -0.25) is 14.5 Å². The minimum Gasteiger partial charge on any atom is -0.337 e. The third-order valence-electron chi connectivity index (χ3n) is 5.56. The summed E-state index contributed by atoms with van der Waals surface area (Å²) in [5.41, 5.74) is -0.844. The van der Waals surface area contributed by atoms with Gasteiger partial charge in [-0.05, 0) is 26.2 Å². The maximum absolute atomic E-state index is 12.7. The second-order valence-corrected chi connectivity index (χ2v) is 9.43. The molecule has 0 bridgehead atoms. The summed E-state index contributed by atoms with van der Waals surface area (Å²) in [5.74, 6) is -0.661. The molecule has 0 aromatic rings. The Morgan fingerprint density at radius 3 is 2.52 bits per heavy atom. The van der Waals surface area contributed by atoms with Gasteiger partial charge in [0, 0.05) is 12.6 Å². The number of carbonyl (C=O) groups is 3. The zero-order chi connectivity index (χ0) is 18.2. The Morgan fingerprint density at radius 2 is 1.96 bits per heavy atom. The predicted molar refractivity (Wildman–Crippen MR) is 90.5 cm³/mol. The summed E-state index contributed by atoms with van der Waals surface area (Å²) in [6.07, 6.45) is 4.44. The predicted octanol–water partition coefficient (Wildman–Crippen LogP) is 0.277. The van der Waals surface area contributed by atoms with E-state index in [-0.39, 0.29) is 35.9 Å². The lowest BCUT2D eigenvalue weighted by atomic mass is 9.82. The second kappa shape index (κ2) is 6.59. The van der Waals surface area contributed by atoms with Gasteiger partial charge in [0.05, 0.1) is 11.5 Å². The lowest BCUT2D eigenvalue weighted by Crippen LogP contribution is -2.50. The van der Waals surface area contributed by atoms with Gasteiger partial charge < -0.3 is 10.2 Å². The van der Waals surface area contributed by atoms with Crippen molar-refractivity contribution in [1.82, 2.24) is 15.1 Å². The third kappa shape index (κ3) is 3.38. The number of hydrogen-bond donors (Lipinski definition) is 1. The van der Waals surface area contributed by atoms with Crippen molar-refractivity contribution in [1.29, 1.82) is 0 Å². The van der Waals surface area contributed by atoms with Gasteiger partial charge in [-0.15, -0.1) is 0 Å². The molecule has 1 saturated carbocycles. The summed E-state index contributed by atoms with van der Waals surface area (Å²) >= 11 is 0. The molecular formula is C16H25N3O5S. The van der Waals surface area contributed by atoms with Crippen molar-refractivity contribution in [3.8, 4) is 0 Å². The minimum absolute atomic E-state index is 0.0450. The van der Waals surface area contributed by atoms with Crippen LogP contribution in [0.4, 0.5) is 4.79 Å². The number of urea groups is 1. The van der Waals surface area contributed by atoms with Crippen LogP contribution in [0.15, 0.2) is 0 Å². The van der Waals surface area contributed by atoms with E-state index in [0.717, 1.165) is 24.2 Å². The van der Waals surface area contributed by atoms with E-state index >= 15 is 0 Å². The van der Waals surface area contributed by atoms with Gasteiger partial charge in [0.15, 0.2) is 9.84 Å². The third-order valence-corrected chi connectivity index (χ3v) is 7.31. The molecule has 2 saturated heterocycles. The smallest absolute Gasteiger partial charge is 0.325 e. The number of imide groups is 1. The SMILES string of the molecule is CCN(C(=O)CN1C(=O)NC2(CCCCC2)C1=O)[C@H]1CCS(=O)(=O)C1. The van der Waals surface area contributed by atoms with Crippen molar-refractivity contribution < 1.29 is 22.8 Å². The van der Waals surface area contributed by atoms with Gasteiger partial charge in [0.1, 0.15) is 12.1 Å². The van der Waals surface area contributed by atoms with Gasteiger partial charge in [-0.1, -0.05) is 19.3 Å². The Kier molecular flexibility index (Phi) is 4.78. The van der Waals surface area contributed by atoms with Crippen molar-refractivity contribution in [3.05, 3.63) is 0 Å². The number of sulfone groups is 1. The van der Waals surface area contributed by atoms with Gasteiger partial charge in [-0.25, -0.2) is 13.2 Å². The zero-order valence-electron chi connectivity index (χ0n) is 14.5. The van der Waals surface area contributed by atoms with E-state index < -0.39 is 21.4 Å². The average Bonchev–Trinajstić information content (AvgIpc) is 3.02. The Hall–Kier alpha value is -1.64. The maximum atomic E-state index is 12.7. The molecule has 140 valence electrons. The highest BCUT2D eigenvalue weighted by molar-refractivity contribution is 7.91.